The van der Waals surface area contributed by atoms with Crippen LogP contribution in [0, 0.1) is 5.92 Å². The van der Waals surface area contributed by atoms with Gasteiger partial charge in [0.15, 0.2) is 0 Å². The van der Waals surface area contributed by atoms with Crippen molar-refractivity contribution in [3.8, 4) is 0 Å². The van der Waals surface area contributed by atoms with Gasteiger partial charge in [0.25, 0.3) is 0 Å². The van der Waals surface area contributed by atoms with Gasteiger partial charge in [0, 0.05) is 13.1 Å². The van der Waals surface area contributed by atoms with Crippen LogP contribution in [0.3, 0.4) is 0 Å². The number of nitrogens with zero attached hydrogens (tertiary/aromatic N) is 2. The summed E-state index contributed by atoms with van der Waals surface area (Å²) in [6.07, 6.45) is 3.24. The maximum Gasteiger partial charge on any atom is 0.243 e. The van der Waals surface area contributed by atoms with E-state index < -0.39 is 10.0 Å². The van der Waals surface area contributed by atoms with Crippen molar-refractivity contribution >= 4 is 21.6 Å². The summed E-state index contributed by atoms with van der Waals surface area (Å²) in [7, 11) is -3.48. The molecule has 0 aromatic heterocycles. The lowest BCUT2D eigenvalue weighted by atomic mass is 10.0. The van der Waals surface area contributed by atoms with E-state index in [4.69, 9.17) is 0 Å². The molecule has 1 aromatic carbocycles. The first-order chi connectivity index (χ1) is 9.88. The first-order valence-corrected chi connectivity index (χ1v) is 9.03. The van der Waals surface area contributed by atoms with Crippen molar-refractivity contribution in [1.29, 1.82) is 0 Å². The average Bonchev–Trinajstić information content (AvgIpc) is 2.44. The number of benzene rings is 1. The van der Waals surface area contributed by atoms with Crippen LogP contribution in [0.2, 0.25) is 0 Å². The molecule has 0 aliphatic carbocycles. The van der Waals surface area contributed by atoms with E-state index in [0.29, 0.717) is 18.2 Å². The zero-order valence-corrected chi connectivity index (χ0v) is 13.3. The van der Waals surface area contributed by atoms with Gasteiger partial charge in [-0.1, -0.05) is 25.1 Å². The van der Waals surface area contributed by atoms with Crippen molar-refractivity contribution in [2.24, 2.45) is 5.92 Å². The van der Waals surface area contributed by atoms with Gasteiger partial charge in [-0.3, -0.25) is 9.10 Å². The molecule has 0 radical (unpaired) electrons. The lowest BCUT2D eigenvalue weighted by molar-refractivity contribution is -0.131. The fraction of sp³-hybridized carbons (Fsp3) is 0.533. The topological polar surface area (TPSA) is 57.7 Å². The van der Waals surface area contributed by atoms with Crippen molar-refractivity contribution in [3.63, 3.8) is 0 Å². The van der Waals surface area contributed by atoms with E-state index in [2.05, 4.69) is 6.92 Å². The zero-order valence-electron chi connectivity index (χ0n) is 12.5. The highest BCUT2D eigenvalue weighted by molar-refractivity contribution is 7.92. The summed E-state index contributed by atoms with van der Waals surface area (Å²) in [5.74, 6) is 0.349. The van der Waals surface area contributed by atoms with Gasteiger partial charge in [-0.25, -0.2) is 8.42 Å². The molecule has 6 heteroatoms. The Morgan fingerprint density at radius 1 is 1.33 bits per heavy atom. The van der Waals surface area contributed by atoms with Gasteiger partial charge in [-0.15, -0.1) is 0 Å². The Bertz CT molecular complexity index is 586. The van der Waals surface area contributed by atoms with Gasteiger partial charge in [-0.2, -0.15) is 0 Å². The minimum Gasteiger partial charge on any atom is -0.341 e. The highest BCUT2D eigenvalue weighted by Crippen LogP contribution is 2.19. The van der Waals surface area contributed by atoms with Gasteiger partial charge in [0.1, 0.15) is 6.54 Å². The molecule has 2 rings (SSSR count). The van der Waals surface area contributed by atoms with Crippen LogP contribution >= 0.6 is 0 Å². The number of rotatable bonds is 4. The third kappa shape index (κ3) is 4.20. The Labute approximate surface area is 126 Å². The monoisotopic (exact) mass is 310 g/mol. The standard InChI is InChI=1S/C15H22N2O3S/c1-13-7-6-10-16(11-13)15(18)12-17(21(2,19)20)14-8-4-3-5-9-14/h3-5,8-9,13H,6-7,10-12H2,1-2H3. The highest BCUT2D eigenvalue weighted by Gasteiger charge is 2.26. The Kier molecular flexibility index (Phi) is 4.88. The maximum atomic E-state index is 12.4. The van der Waals surface area contributed by atoms with Crippen LogP contribution in [0.1, 0.15) is 19.8 Å². The zero-order chi connectivity index (χ0) is 15.5. The number of anilines is 1. The molecule has 1 aliphatic heterocycles. The summed E-state index contributed by atoms with van der Waals surface area (Å²) in [5.41, 5.74) is 0.526. The molecule has 1 heterocycles. The molecule has 1 amide bonds. The van der Waals surface area contributed by atoms with Crippen molar-refractivity contribution in [2.75, 3.05) is 30.2 Å². The van der Waals surface area contributed by atoms with Crippen LogP contribution in [0.4, 0.5) is 5.69 Å². The normalized spacial score (nSPS) is 19.3. The molecule has 1 fully saturated rings. The highest BCUT2D eigenvalue weighted by atomic mass is 32.2. The maximum absolute atomic E-state index is 12.4. The molecule has 0 spiro atoms. The molecule has 1 saturated heterocycles. The number of hydrogen-bond acceptors (Lipinski definition) is 3. The van der Waals surface area contributed by atoms with Gasteiger partial charge < -0.3 is 4.90 Å². The van der Waals surface area contributed by atoms with E-state index in [-0.39, 0.29) is 12.5 Å². The first-order valence-electron chi connectivity index (χ1n) is 7.18. The molecule has 1 atom stereocenters. The van der Waals surface area contributed by atoms with Crippen LogP contribution in [0.25, 0.3) is 0 Å². The number of hydrogen-bond donors (Lipinski definition) is 0. The SMILES string of the molecule is CC1CCCN(C(=O)CN(c2ccccc2)S(C)(=O)=O)C1. The number of likely N-dealkylation sites (tertiary alicyclic amines) is 1. The number of sulfonamides is 1. The van der Waals surface area contributed by atoms with Gasteiger partial charge >= 0.3 is 0 Å². The minimum atomic E-state index is -3.48. The van der Waals surface area contributed by atoms with E-state index in [9.17, 15) is 13.2 Å². The van der Waals surface area contributed by atoms with Crippen molar-refractivity contribution in [2.45, 2.75) is 19.8 Å². The number of piperidine rings is 1. The smallest absolute Gasteiger partial charge is 0.243 e. The summed E-state index contributed by atoms with van der Waals surface area (Å²) in [6, 6.07) is 8.75. The summed E-state index contributed by atoms with van der Waals surface area (Å²) in [5, 5.41) is 0. The predicted molar refractivity (Wildman–Crippen MR) is 83.6 cm³/mol. The van der Waals surface area contributed by atoms with E-state index in [1.807, 2.05) is 6.07 Å². The quantitative estimate of drug-likeness (QED) is 0.850. The summed E-state index contributed by atoms with van der Waals surface area (Å²) in [6.45, 7) is 3.42. The van der Waals surface area contributed by atoms with E-state index in [1.54, 1.807) is 29.2 Å². The van der Waals surface area contributed by atoms with Crippen LogP contribution in [0.15, 0.2) is 30.3 Å². The van der Waals surface area contributed by atoms with Crippen molar-refractivity contribution in [3.05, 3.63) is 30.3 Å². The van der Waals surface area contributed by atoms with Crippen LogP contribution in [-0.2, 0) is 14.8 Å². The largest absolute Gasteiger partial charge is 0.341 e. The Morgan fingerprint density at radius 2 is 2.00 bits per heavy atom. The third-order valence-corrected chi connectivity index (χ3v) is 4.87. The van der Waals surface area contributed by atoms with Crippen molar-refractivity contribution in [1.82, 2.24) is 4.90 Å². The number of para-hydroxylation sites is 1. The second-order valence-corrected chi connectivity index (χ2v) is 7.60. The van der Waals surface area contributed by atoms with Gasteiger partial charge in [0.05, 0.1) is 11.9 Å². The molecule has 0 N–H and O–H groups in total. The molecule has 1 aliphatic rings. The van der Waals surface area contributed by atoms with Gasteiger partial charge in [-0.05, 0) is 30.9 Å². The lowest BCUT2D eigenvalue weighted by Gasteiger charge is -2.32. The van der Waals surface area contributed by atoms with E-state index >= 15 is 0 Å². The van der Waals surface area contributed by atoms with E-state index in [0.717, 1.165) is 25.6 Å². The molecule has 1 unspecified atom stereocenters. The molecular formula is C15H22N2O3S. The second kappa shape index (κ2) is 6.47. The molecule has 0 saturated carbocycles. The summed E-state index contributed by atoms with van der Waals surface area (Å²) in [4.78, 5) is 14.2. The number of carbonyl (C=O) groups is 1. The molecule has 21 heavy (non-hydrogen) atoms. The van der Waals surface area contributed by atoms with Crippen LogP contribution in [-0.4, -0.2) is 45.1 Å². The van der Waals surface area contributed by atoms with Crippen LogP contribution in [0.5, 0.6) is 0 Å². The Balaban J connectivity index is 2.14. The van der Waals surface area contributed by atoms with E-state index in [1.165, 1.54) is 4.31 Å². The Morgan fingerprint density at radius 3 is 2.57 bits per heavy atom. The number of amides is 1. The molecule has 5 nitrogen and oxygen atoms in total. The summed E-state index contributed by atoms with van der Waals surface area (Å²) >= 11 is 0. The molecule has 0 bridgehead atoms. The van der Waals surface area contributed by atoms with Gasteiger partial charge in [0.2, 0.25) is 15.9 Å². The van der Waals surface area contributed by atoms with Crippen LogP contribution < -0.4 is 4.31 Å². The molecular weight excluding hydrogens is 288 g/mol. The number of carbonyl (C=O) groups excluding carboxylic acids is 1. The first kappa shape index (κ1) is 15.8. The fourth-order valence-electron chi connectivity index (χ4n) is 2.63. The predicted octanol–water partition coefficient (Wildman–Crippen LogP) is 1.71. The Hall–Kier alpha value is -1.56. The fourth-order valence-corrected chi connectivity index (χ4v) is 3.48. The second-order valence-electron chi connectivity index (χ2n) is 5.69. The molecule has 116 valence electrons. The lowest BCUT2D eigenvalue weighted by Crippen LogP contribution is -2.46. The molecule has 1 aromatic rings. The van der Waals surface area contributed by atoms with Crippen molar-refractivity contribution < 1.29 is 13.2 Å². The average molecular weight is 310 g/mol. The minimum absolute atomic E-state index is 0.129. The summed E-state index contributed by atoms with van der Waals surface area (Å²) < 4.78 is 25.1. The third-order valence-electron chi connectivity index (χ3n) is 3.73.